The molecular formula is C16H23NO2. The van der Waals surface area contributed by atoms with Crippen LogP contribution >= 0.6 is 0 Å². The molecule has 1 fully saturated rings. The number of likely N-dealkylation sites (tertiary alicyclic amines) is 1. The number of nitrogens with zero attached hydrogens (tertiary/aromatic N) is 1. The third kappa shape index (κ3) is 4.06. The highest BCUT2D eigenvalue weighted by Gasteiger charge is 2.26. The van der Waals surface area contributed by atoms with E-state index in [1.807, 2.05) is 6.92 Å². The first-order valence-corrected chi connectivity index (χ1v) is 7.13. The molecule has 104 valence electrons. The molecule has 1 saturated heterocycles. The van der Waals surface area contributed by atoms with E-state index < -0.39 is 0 Å². The number of benzene rings is 1. The Morgan fingerprint density at radius 3 is 3.05 bits per heavy atom. The lowest BCUT2D eigenvalue weighted by Crippen LogP contribution is -2.38. The second kappa shape index (κ2) is 6.71. The maximum atomic E-state index is 11.8. The van der Waals surface area contributed by atoms with Gasteiger partial charge < -0.3 is 4.74 Å². The number of esters is 1. The second-order valence-electron chi connectivity index (χ2n) is 5.32. The Hall–Kier alpha value is -1.35. The van der Waals surface area contributed by atoms with Gasteiger partial charge in [-0.2, -0.15) is 0 Å². The summed E-state index contributed by atoms with van der Waals surface area (Å²) in [5, 5.41) is 0. The van der Waals surface area contributed by atoms with Gasteiger partial charge in [0.05, 0.1) is 12.5 Å². The maximum absolute atomic E-state index is 11.8. The van der Waals surface area contributed by atoms with E-state index in [4.69, 9.17) is 4.74 Å². The number of carbonyl (C=O) groups is 1. The van der Waals surface area contributed by atoms with E-state index in [0.717, 1.165) is 32.5 Å². The molecule has 1 aliphatic heterocycles. The highest BCUT2D eigenvalue weighted by atomic mass is 16.5. The summed E-state index contributed by atoms with van der Waals surface area (Å²) in [6.07, 6.45) is 2.04. The lowest BCUT2D eigenvalue weighted by molar-refractivity contribution is -0.150. The smallest absolute Gasteiger partial charge is 0.310 e. The third-order valence-corrected chi connectivity index (χ3v) is 3.61. The van der Waals surface area contributed by atoms with Crippen molar-refractivity contribution in [2.45, 2.75) is 33.2 Å². The molecule has 1 aromatic carbocycles. The van der Waals surface area contributed by atoms with Gasteiger partial charge in [0.2, 0.25) is 0 Å². The molecule has 0 aliphatic carbocycles. The highest BCUT2D eigenvalue weighted by molar-refractivity contribution is 5.72. The van der Waals surface area contributed by atoms with E-state index in [2.05, 4.69) is 36.1 Å². The quantitative estimate of drug-likeness (QED) is 0.781. The van der Waals surface area contributed by atoms with Crippen LogP contribution in [0.1, 0.15) is 30.9 Å². The first-order valence-electron chi connectivity index (χ1n) is 7.13. The van der Waals surface area contributed by atoms with Crippen LogP contribution in [-0.2, 0) is 16.1 Å². The fraction of sp³-hybridized carbons (Fsp3) is 0.562. The molecule has 1 aromatic rings. The van der Waals surface area contributed by atoms with Crippen LogP contribution in [0.15, 0.2) is 24.3 Å². The average molecular weight is 261 g/mol. The minimum atomic E-state index is -0.0311. The van der Waals surface area contributed by atoms with E-state index >= 15 is 0 Å². The summed E-state index contributed by atoms with van der Waals surface area (Å²) in [5.74, 6) is 0.0231. The standard InChI is InChI=1S/C16H23NO2/c1-3-19-16(18)15-8-5-9-17(12-15)11-14-7-4-6-13(2)10-14/h4,6-7,10,15H,3,5,8-9,11-12H2,1-2H3/t15-/m0/s1. The number of aryl methyl sites for hydroxylation is 1. The van der Waals surface area contributed by atoms with Gasteiger partial charge in [-0.05, 0) is 38.8 Å². The molecule has 0 amide bonds. The molecule has 1 aliphatic rings. The Kier molecular flexibility index (Phi) is 4.97. The molecule has 0 radical (unpaired) electrons. The summed E-state index contributed by atoms with van der Waals surface area (Å²) in [6.45, 7) is 7.29. The van der Waals surface area contributed by atoms with Crippen LogP contribution in [0, 0.1) is 12.8 Å². The van der Waals surface area contributed by atoms with Crippen molar-refractivity contribution < 1.29 is 9.53 Å². The van der Waals surface area contributed by atoms with E-state index in [9.17, 15) is 4.79 Å². The molecule has 0 bridgehead atoms. The predicted octanol–water partition coefficient (Wildman–Crippen LogP) is 2.77. The zero-order valence-corrected chi connectivity index (χ0v) is 11.9. The van der Waals surface area contributed by atoms with E-state index in [-0.39, 0.29) is 11.9 Å². The molecule has 1 heterocycles. The zero-order valence-electron chi connectivity index (χ0n) is 11.9. The number of hydrogen-bond acceptors (Lipinski definition) is 3. The molecule has 0 spiro atoms. The van der Waals surface area contributed by atoms with Gasteiger partial charge in [0.25, 0.3) is 0 Å². The zero-order chi connectivity index (χ0) is 13.7. The van der Waals surface area contributed by atoms with E-state index in [1.54, 1.807) is 0 Å². The highest BCUT2D eigenvalue weighted by Crippen LogP contribution is 2.20. The molecule has 0 unspecified atom stereocenters. The number of piperidine rings is 1. The van der Waals surface area contributed by atoms with Crippen molar-refractivity contribution >= 4 is 5.97 Å². The van der Waals surface area contributed by atoms with Crippen LogP contribution in [0.25, 0.3) is 0 Å². The monoisotopic (exact) mass is 261 g/mol. The van der Waals surface area contributed by atoms with Gasteiger partial charge in [-0.1, -0.05) is 29.8 Å². The summed E-state index contributed by atoms with van der Waals surface area (Å²) < 4.78 is 5.13. The molecule has 3 nitrogen and oxygen atoms in total. The summed E-state index contributed by atoms with van der Waals surface area (Å²) in [5.41, 5.74) is 2.61. The van der Waals surface area contributed by atoms with Crippen molar-refractivity contribution in [3.8, 4) is 0 Å². The van der Waals surface area contributed by atoms with Gasteiger partial charge >= 0.3 is 5.97 Å². The Bertz CT molecular complexity index is 431. The van der Waals surface area contributed by atoms with Crippen LogP contribution in [-0.4, -0.2) is 30.6 Å². The summed E-state index contributed by atoms with van der Waals surface area (Å²) >= 11 is 0. The third-order valence-electron chi connectivity index (χ3n) is 3.61. The normalized spacial score (nSPS) is 20.2. The summed E-state index contributed by atoms with van der Waals surface area (Å²) in [6, 6.07) is 8.58. The van der Waals surface area contributed by atoms with Gasteiger partial charge in [0.15, 0.2) is 0 Å². The van der Waals surface area contributed by atoms with Gasteiger partial charge in [-0.3, -0.25) is 9.69 Å². The SMILES string of the molecule is CCOC(=O)[C@H]1CCCN(Cc2cccc(C)c2)C1. The maximum Gasteiger partial charge on any atom is 0.310 e. The number of rotatable bonds is 4. The van der Waals surface area contributed by atoms with Crippen LogP contribution in [0.4, 0.5) is 0 Å². The minimum absolute atomic E-state index is 0.0311. The van der Waals surface area contributed by atoms with Crippen molar-refractivity contribution in [2.24, 2.45) is 5.92 Å². The number of carbonyl (C=O) groups excluding carboxylic acids is 1. The van der Waals surface area contributed by atoms with Crippen molar-refractivity contribution in [2.75, 3.05) is 19.7 Å². The van der Waals surface area contributed by atoms with Gasteiger partial charge in [-0.25, -0.2) is 0 Å². The molecule has 3 heteroatoms. The fourth-order valence-corrected chi connectivity index (χ4v) is 2.72. The molecule has 1 atom stereocenters. The predicted molar refractivity (Wildman–Crippen MR) is 75.8 cm³/mol. The van der Waals surface area contributed by atoms with Crippen LogP contribution in [0.2, 0.25) is 0 Å². The second-order valence-corrected chi connectivity index (χ2v) is 5.32. The molecule has 19 heavy (non-hydrogen) atoms. The van der Waals surface area contributed by atoms with Crippen LogP contribution < -0.4 is 0 Å². The first-order chi connectivity index (χ1) is 9.19. The van der Waals surface area contributed by atoms with Gasteiger partial charge in [-0.15, -0.1) is 0 Å². The van der Waals surface area contributed by atoms with Crippen molar-refractivity contribution in [3.05, 3.63) is 35.4 Å². The van der Waals surface area contributed by atoms with Gasteiger partial charge in [0.1, 0.15) is 0 Å². The Balaban J connectivity index is 1.92. The molecule has 0 saturated carbocycles. The van der Waals surface area contributed by atoms with E-state index in [1.165, 1.54) is 11.1 Å². The molecule has 2 rings (SSSR count). The fourth-order valence-electron chi connectivity index (χ4n) is 2.72. The van der Waals surface area contributed by atoms with Crippen molar-refractivity contribution in [3.63, 3.8) is 0 Å². The van der Waals surface area contributed by atoms with Crippen molar-refractivity contribution in [1.82, 2.24) is 4.90 Å². The molecular weight excluding hydrogens is 238 g/mol. The first kappa shape index (κ1) is 14.1. The van der Waals surface area contributed by atoms with Crippen molar-refractivity contribution in [1.29, 1.82) is 0 Å². The Morgan fingerprint density at radius 2 is 2.32 bits per heavy atom. The van der Waals surface area contributed by atoms with Crippen LogP contribution in [0.5, 0.6) is 0 Å². The largest absolute Gasteiger partial charge is 0.466 e. The Labute approximate surface area is 115 Å². The minimum Gasteiger partial charge on any atom is -0.466 e. The Morgan fingerprint density at radius 1 is 1.47 bits per heavy atom. The lowest BCUT2D eigenvalue weighted by Gasteiger charge is -2.31. The topological polar surface area (TPSA) is 29.5 Å². The lowest BCUT2D eigenvalue weighted by atomic mass is 9.97. The van der Waals surface area contributed by atoms with Gasteiger partial charge in [0, 0.05) is 13.1 Å². The van der Waals surface area contributed by atoms with Crippen LogP contribution in [0.3, 0.4) is 0 Å². The average Bonchev–Trinajstić information content (AvgIpc) is 2.39. The summed E-state index contributed by atoms with van der Waals surface area (Å²) in [4.78, 5) is 14.2. The molecule has 0 aromatic heterocycles. The number of ether oxygens (including phenoxy) is 1. The molecule has 0 N–H and O–H groups in total. The summed E-state index contributed by atoms with van der Waals surface area (Å²) in [7, 11) is 0. The van der Waals surface area contributed by atoms with E-state index in [0.29, 0.717) is 6.61 Å². The number of hydrogen-bond donors (Lipinski definition) is 0.